The van der Waals surface area contributed by atoms with Crippen LogP contribution in [-0.4, -0.2) is 129 Å². The second kappa shape index (κ2) is 43.7. The summed E-state index contributed by atoms with van der Waals surface area (Å²) in [5.74, 6) is 11.1. The minimum Gasteiger partial charge on any atom is -0.507 e. The monoisotopic (exact) mass is 1820 g/mol. The van der Waals surface area contributed by atoms with Crippen LogP contribution in [0.4, 0.5) is 0 Å². The van der Waals surface area contributed by atoms with Crippen LogP contribution in [0, 0.1) is 34.6 Å². The van der Waals surface area contributed by atoms with Crippen molar-refractivity contribution >= 4 is 0 Å². The molecule has 0 radical (unpaired) electrons. The number of aromatic hydroxyl groups is 5. The molecule has 24 nitrogen and oxygen atoms in total. The molecule has 0 fully saturated rings. The van der Waals surface area contributed by atoms with Crippen molar-refractivity contribution in [3.05, 3.63) is 398 Å². The summed E-state index contributed by atoms with van der Waals surface area (Å²) in [6.45, 7) is 10.00. The predicted molar refractivity (Wildman–Crippen MR) is 539 cm³/mol. The summed E-state index contributed by atoms with van der Waals surface area (Å²) in [5.41, 5.74) is 17.0. The summed E-state index contributed by atoms with van der Waals surface area (Å²) < 4.78 is 20.9. The van der Waals surface area contributed by atoms with Crippen LogP contribution in [-0.2, 0) is 0 Å². The molecule has 5 heterocycles. The molecule has 0 aliphatic heterocycles. The largest absolute Gasteiger partial charge is 0.507 e. The Kier molecular flexibility index (Phi) is 29.4. The molecule has 5 aromatic heterocycles. The third-order valence-electron chi connectivity index (χ3n) is 22.0. The zero-order valence-corrected chi connectivity index (χ0v) is 76.8. The SMILES string of the molecule is COc1ccc(-c2nc(-c3ccc(C)cc3)nc(-c3cccc(C)c3O)n2)cc1.COc1ccc(-c2nc(-c3ccc(C)cc3)nc(-c3ccccc3O)n2)cc1.COc1ccc(-c2nc(-c3ccccc3)nc(-c3ccc(OC)cc3O)n2)cc1.Cc1ccc(-c2nc(-c3ccccc3)nc(-c3ccccc3O)n2)cc1.Cc1ccccc1-c1nc(-c2ccccc2)nc(-c2ccccc2O)n1. The van der Waals surface area contributed by atoms with Gasteiger partial charge in [-0.15, -0.1) is 0 Å². The first kappa shape index (κ1) is 92.8. The van der Waals surface area contributed by atoms with Crippen molar-refractivity contribution in [1.29, 1.82) is 0 Å². The highest BCUT2D eigenvalue weighted by Gasteiger charge is 2.23. The number of aryl methyl sites for hydroxylation is 5. The fraction of sp³-hybridized carbons (Fsp3) is 0.0789. The molecule has 0 spiro atoms. The standard InChI is InChI=1S/C24H21N3O2.C23H19N3O3.C23H19N3O2.2C22H17N3O/c1-15-7-9-17(10-8-15)22-25-23(18-11-13-19(29-3)14-12-18)27-24(26-22)20-6-4-5-16(2)21(20)28;1-28-17-10-8-16(9-11-17)22-24-21(15-6-4-3-5-7-15)25-23(26-22)19-13-12-18(29-2)14-20(19)27;1-15-7-9-16(10-8-15)21-24-22(17-11-13-18(28-2)14-12-17)26-23(25-21)19-5-3-4-6-20(19)27;1-15-9-5-6-12-17(15)21-23-20(16-10-3-2-4-11-16)24-22(25-21)18-13-7-8-14-19(18)26;1-15-11-13-17(14-12-15)21-23-20(16-7-3-2-4-8-16)24-22(25-21)18-9-5-6-10-19(18)26/h4-14,28H,1-3H3;3-14,27H,1-2H3;3-14,27H,1-2H3;2*2-14,26H,1H3. The summed E-state index contributed by atoms with van der Waals surface area (Å²) in [4.78, 5) is 69.5. The minimum atomic E-state index is 0.0373. The van der Waals surface area contributed by atoms with Gasteiger partial charge >= 0.3 is 0 Å². The van der Waals surface area contributed by atoms with Crippen LogP contribution in [0.1, 0.15) is 27.8 Å². The fourth-order valence-corrected chi connectivity index (χ4v) is 14.3. The number of phenolic OH excluding ortho intramolecular Hbond substituents is 5. The van der Waals surface area contributed by atoms with E-state index in [1.807, 2.05) is 332 Å². The Balaban J connectivity index is 0.000000125. The van der Waals surface area contributed by atoms with Gasteiger partial charge in [-0.2, -0.15) is 0 Å². The maximum absolute atomic E-state index is 10.6. The van der Waals surface area contributed by atoms with E-state index in [1.54, 1.807) is 95.2 Å². The second-order valence-corrected chi connectivity index (χ2v) is 31.6. The molecule has 0 amide bonds. The van der Waals surface area contributed by atoms with Gasteiger partial charge in [0.25, 0.3) is 0 Å². The van der Waals surface area contributed by atoms with Crippen molar-refractivity contribution in [3.8, 4) is 223 Å². The lowest BCUT2D eigenvalue weighted by molar-refractivity contribution is 0.408. The van der Waals surface area contributed by atoms with Gasteiger partial charge in [-0.1, -0.05) is 253 Å². The van der Waals surface area contributed by atoms with Gasteiger partial charge in [0.1, 0.15) is 51.7 Å². The van der Waals surface area contributed by atoms with Crippen LogP contribution in [0.5, 0.6) is 51.7 Å². The number of ether oxygens (including phenoxy) is 4. The topological polar surface area (TPSA) is 331 Å². The van der Waals surface area contributed by atoms with Gasteiger partial charge in [0.05, 0.1) is 56.3 Å². The van der Waals surface area contributed by atoms with Crippen molar-refractivity contribution in [3.63, 3.8) is 0 Å². The molecule has 0 bridgehead atoms. The number of benzene rings is 15. The Bertz CT molecular complexity index is 7530. The highest BCUT2D eigenvalue weighted by molar-refractivity contribution is 5.77. The number of rotatable bonds is 19. The minimum absolute atomic E-state index is 0.0373. The Morgan fingerprint density at radius 1 is 0.159 bits per heavy atom. The van der Waals surface area contributed by atoms with E-state index in [9.17, 15) is 25.5 Å². The lowest BCUT2D eigenvalue weighted by Crippen LogP contribution is -2.01. The highest BCUT2D eigenvalue weighted by atomic mass is 16.5. The number of aromatic nitrogens is 15. The van der Waals surface area contributed by atoms with E-state index in [2.05, 4.69) is 69.8 Å². The number of hydrogen-bond acceptors (Lipinski definition) is 24. The summed E-state index contributed by atoms with van der Waals surface area (Å²) in [6, 6.07) is 116. The molecule has 24 heteroatoms. The van der Waals surface area contributed by atoms with E-state index >= 15 is 0 Å². The van der Waals surface area contributed by atoms with Gasteiger partial charge in [-0.25, -0.2) is 74.8 Å². The molecular weight excluding hydrogens is 1720 g/mol. The lowest BCUT2D eigenvalue weighted by Gasteiger charge is -2.10. The molecule has 0 saturated heterocycles. The van der Waals surface area contributed by atoms with Gasteiger partial charge in [-0.05, 0) is 173 Å². The maximum Gasteiger partial charge on any atom is 0.167 e. The second-order valence-electron chi connectivity index (χ2n) is 31.6. The Labute approximate surface area is 798 Å². The first-order valence-electron chi connectivity index (χ1n) is 44.0. The van der Waals surface area contributed by atoms with Crippen LogP contribution < -0.4 is 18.9 Å². The van der Waals surface area contributed by atoms with Gasteiger partial charge in [0.15, 0.2) is 87.4 Å². The first-order chi connectivity index (χ1) is 67.3. The number of methoxy groups -OCH3 is 4. The molecule has 138 heavy (non-hydrogen) atoms. The molecule has 5 N–H and O–H groups in total. The molecule has 678 valence electrons. The lowest BCUT2D eigenvalue weighted by atomic mass is 10.1. The quantitative estimate of drug-likeness (QED) is 0.0502. The molecule has 20 rings (SSSR count). The van der Waals surface area contributed by atoms with Crippen molar-refractivity contribution in [2.24, 2.45) is 0 Å². The normalized spacial score (nSPS) is 10.6. The van der Waals surface area contributed by atoms with Gasteiger partial charge in [0.2, 0.25) is 0 Å². The van der Waals surface area contributed by atoms with Crippen LogP contribution in [0.2, 0.25) is 0 Å². The van der Waals surface area contributed by atoms with Crippen molar-refractivity contribution in [1.82, 2.24) is 74.8 Å². The molecule has 0 aliphatic carbocycles. The molecule has 0 atom stereocenters. The van der Waals surface area contributed by atoms with Crippen LogP contribution in [0.3, 0.4) is 0 Å². The molecular formula is C114H93N15O9. The first-order valence-corrected chi connectivity index (χ1v) is 44.0. The average Bonchev–Trinajstić information content (AvgIpc) is 0.801. The average molecular weight is 1820 g/mol. The molecule has 0 saturated carbocycles. The Morgan fingerprint density at radius 3 is 0.638 bits per heavy atom. The van der Waals surface area contributed by atoms with E-state index in [1.165, 1.54) is 11.6 Å². The number of phenols is 5. The van der Waals surface area contributed by atoms with Crippen LogP contribution >= 0.6 is 0 Å². The Hall–Kier alpha value is -18.5. The number of hydrogen-bond donors (Lipinski definition) is 5. The zero-order chi connectivity index (χ0) is 96.0. The van der Waals surface area contributed by atoms with Crippen LogP contribution in [0.25, 0.3) is 171 Å². The molecule has 0 aliphatic rings. The smallest absolute Gasteiger partial charge is 0.167 e. The van der Waals surface area contributed by atoms with E-state index < -0.39 is 0 Å². The third-order valence-corrected chi connectivity index (χ3v) is 22.0. The summed E-state index contributed by atoms with van der Waals surface area (Å²) >= 11 is 0. The fourth-order valence-electron chi connectivity index (χ4n) is 14.3. The van der Waals surface area contributed by atoms with E-state index in [0.29, 0.717) is 121 Å². The molecule has 0 unspecified atom stereocenters. The van der Waals surface area contributed by atoms with Crippen LogP contribution in [0.15, 0.2) is 370 Å². The van der Waals surface area contributed by atoms with Gasteiger partial charge in [-0.3, -0.25) is 0 Å². The highest BCUT2D eigenvalue weighted by Crippen LogP contribution is 2.39. The van der Waals surface area contributed by atoms with Gasteiger partial charge < -0.3 is 44.5 Å². The van der Waals surface area contributed by atoms with Gasteiger partial charge in [0, 0.05) is 61.7 Å². The van der Waals surface area contributed by atoms with Crippen molar-refractivity contribution in [2.45, 2.75) is 34.6 Å². The number of nitrogens with zero attached hydrogens (tertiary/aromatic N) is 15. The van der Waals surface area contributed by atoms with E-state index in [0.717, 1.165) is 95.1 Å². The van der Waals surface area contributed by atoms with E-state index in [4.69, 9.17) is 23.9 Å². The summed E-state index contributed by atoms with van der Waals surface area (Å²) in [7, 11) is 6.43. The third kappa shape index (κ3) is 22.8. The molecule has 20 aromatic rings. The van der Waals surface area contributed by atoms with Crippen molar-refractivity contribution in [2.75, 3.05) is 28.4 Å². The zero-order valence-electron chi connectivity index (χ0n) is 76.8. The summed E-state index contributed by atoms with van der Waals surface area (Å²) in [6.07, 6.45) is 0. The Morgan fingerprint density at radius 2 is 0.362 bits per heavy atom. The summed E-state index contributed by atoms with van der Waals surface area (Å²) in [5, 5.41) is 51.8. The van der Waals surface area contributed by atoms with Crippen molar-refractivity contribution < 1.29 is 44.5 Å². The maximum atomic E-state index is 10.6. The molecule has 15 aromatic carbocycles. The van der Waals surface area contributed by atoms with E-state index in [-0.39, 0.29) is 28.7 Å². The number of para-hydroxylation sites is 4. The predicted octanol–water partition coefficient (Wildman–Crippen LogP) is 24.5.